The van der Waals surface area contributed by atoms with E-state index >= 15 is 0 Å². The largest absolute Gasteiger partial charge is 0.472 e. The molecule has 186 valence electrons. The quantitative estimate of drug-likeness (QED) is 0.505. The molecular weight excluding hydrogens is 448 g/mol. The average Bonchev–Trinajstić information content (AvgIpc) is 3.46. The number of ether oxygens (including phenoxy) is 4. The SMILES string of the molecule is COC(=O)[C@]1(O)[C@@H](OC(C)=O)CC[C@@H]2[C@]3(C[C@@H](c4ccoc4)OC3=O)[C@@H](C)CC[C@@]21C(=O)OC. The monoisotopic (exact) mass is 478 g/mol. The smallest absolute Gasteiger partial charge is 0.343 e. The number of fused-ring (bicyclic) bond motifs is 2. The van der Waals surface area contributed by atoms with E-state index in [1.54, 1.807) is 6.07 Å². The van der Waals surface area contributed by atoms with E-state index in [-0.39, 0.29) is 31.6 Å². The number of rotatable bonds is 4. The number of esters is 4. The van der Waals surface area contributed by atoms with Crippen LogP contribution in [0.15, 0.2) is 23.0 Å². The van der Waals surface area contributed by atoms with E-state index < -0.39 is 58.4 Å². The second kappa shape index (κ2) is 8.41. The number of hydrogen-bond donors (Lipinski definition) is 1. The predicted octanol–water partition coefficient (Wildman–Crippen LogP) is 2.09. The van der Waals surface area contributed by atoms with E-state index in [1.807, 2.05) is 6.92 Å². The molecule has 0 unspecified atom stereocenters. The van der Waals surface area contributed by atoms with Gasteiger partial charge in [0.1, 0.15) is 17.6 Å². The Labute approximate surface area is 196 Å². The van der Waals surface area contributed by atoms with Gasteiger partial charge in [-0.15, -0.1) is 0 Å². The molecule has 10 heteroatoms. The second-order valence-electron chi connectivity index (χ2n) is 9.58. The van der Waals surface area contributed by atoms with Crippen LogP contribution in [0, 0.1) is 22.7 Å². The Hall–Kier alpha value is -2.88. The molecule has 2 aliphatic carbocycles. The third-order valence-electron chi connectivity index (χ3n) is 8.35. The lowest BCUT2D eigenvalue weighted by Gasteiger charge is -2.61. The Morgan fingerprint density at radius 3 is 2.41 bits per heavy atom. The van der Waals surface area contributed by atoms with E-state index in [4.69, 9.17) is 23.4 Å². The van der Waals surface area contributed by atoms with E-state index in [2.05, 4.69) is 0 Å². The number of cyclic esters (lactones) is 1. The standard InChI is InChI=1S/C24H30O10/c1-13-7-9-23(20(27)30-3)17(5-6-18(33-14(2)25)24(23,29)21(28)31-4)22(13)11-16(34-19(22)26)15-8-10-32-12-15/h8,10,12-13,16-18,29H,5-7,9,11H2,1-4H3/t13-,16-,17+,18-,22-,23-,24+/m0/s1. The molecule has 4 rings (SSSR count). The van der Waals surface area contributed by atoms with Gasteiger partial charge in [-0.2, -0.15) is 0 Å². The zero-order chi connectivity index (χ0) is 24.9. The fourth-order valence-electron chi connectivity index (χ4n) is 6.83. The molecule has 2 heterocycles. The van der Waals surface area contributed by atoms with Gasteiger partial charge in [0.05, 0.1) is 32.2 Å². The molecule has 10 nitrogen and oxygen atoms in total. The Morgan fingerprint density at radius 1 is 1.12 bits per heavy atom. The summed E-state index contributed by atoms with van der Waals surface area (Å²) in [7, 11) is 2.24. The molecule has 0 bridgehead atoms. The van der Waals surface area contributed by atoms with E-state index in [0.29, 0.717) is 12.0 Å². The molecule has 0 aromatic carbocycles. The molecule has 1 aromatic rings. The van der Waals surface area contributed by atoms with Gasteiger partial charge in [0, 0.05) is 18.9 Å². The molecule has 3 aliphatic rings. The van der Waals surface area contributed by atoms with Crippen LogP contribution in [0.25, 0.3) is 0 Å². The van der Waals surface area contributed by atoms with Crippen molar-refractivity contribution in [3.8, 4) is 0 Å². The molecule has 0 amide bonds. The molecule has 1 saturated heterocycles. The van der Waals surface area contributed by atoms with Gasteiger partial charge in [0.2, 0.25) is 5.60 Å². The predicted molar refractivity (Wildman–Crippen MR) is 113 cm³/mol. The number of carbonyl (C=O) groups is 4. The van der Waals surface area contributed by atoms with Crippen LogP contribution in [-0.2, 0) is 38.1 Å². The fourth-order valence-corrected chi connectivity index (χ4v) is 6.83. The number of hydrogen-bond acceptors (Lipinski definition) is 10. The van der Waals surface area contributed by atoms with Gasteiger partial charge < -0.3 is 28.5 Å². The summed E-state index contributed by atoms with van der Waals surface area (Å²) >= 11 is 0. The molecule has 1 aliphatic heterocycles. The Bertz CT molecular complexity index is 986. The van der Waals surface area contributed by atoms with Crippen LogP contribution >= 0.6 is 0 Å². The first-order valence-corrected chi connectivity index (χ1v) is 11.4. The van der Waals surface area contributed by atoms with Crippen molar-refractivity contribution in [2.24, 2.45) is 22.7 Å². The van der Waals surface area contributed by atoms with Crippen LogP contribution in [0.5, 0.6) is 0 Å². The summed E-state index contributed by atoms with van der Waals surface area (Å²) in [4.78, 5) is 52.2. The zero-order valence-electron chi connectivity index (χ0n) is 19.7. The summed E-state index contributed by atoms with van der Waals surface area (Å²) in [5.74, 6) is -4.22. The molecule has 3 fully saturated rings. The third-order valence-corrected chi connectivity index (χ3v) is 8.35. The summed E-state index contributed by atoms with van der Waals surface area (Å²) in [5, 5.41) is 12.0. The minimum atomic E-state index is -2.55. The van der Waals surface area contributed by atoms with E-state index in [1.165, 1.54) is 12.5 Å². The lowest BCUT2D eigenvalue weighted by atomic mass is 9.42. The maximum Gasteiger partial charge on any atom is 0.343 e. The molecule has 0 radical (unpaired) electrons. The first kappa shape index (κ1) is 24.3. The van der Waals surface area contributed by atoms with Crippen molar-refractivity contribution < 1.29 is 47.6 Å². The molecule has 7 atom stereocenters. The topological polar surface area (TPSA) is 139 Å². The number of carbonyl (C=O) groups excluding carboxylic acids is 4. The van der Waals surface area contributed by atoms with Crippen molar-refractivity contribution in [1.82, 2.24) is 0 Å². The highest BCUT2D eigenvalue weighted by atomic mass is 16.6. The average molecular weight is 478 g/mol. The van der Waals surface area contributed by atoms with Gasteiger partial charge in [0.15, 0.2) is 0 Å². The van der Waals surface area contributed by atoms with Crippen molar-refractivity contribution in [2.75, 3.05) is 14.2 Å². The van der Waals surface area contributed by atoms with Gasteiger partial charge in [-0.1, -0.05) is 6.92 Å². The molecule has 2 saturated carbocycles. The summed E-state index contributed by atoms with van der Waals surface area (Å²) in [6, 6.07) is 1.71. The molecule has 1 N–H and O–H groups in total. The van der Waals surface area contributed by atoms with Gasteiger partial charge in [0.25, 0.3) is 0 Å². The summed E-state index contributed by atoms with van der Waals surface area (Å²) in [5.41, 5.74) is -4.94. The van der Waals surface area contributed by atoms with Gasteiger partial charge >= 0.3 is 23.9 Å². The van der Waals surface area contributed by atoms with Crippen molar-refractivity contribution in [2.45, 2.75) is 63.8 Å². The van der Waals surface area contributed by atoms with Crippen molar-refractivity contribution in [1.29, 1.82) is 0 Å². The van der Waals surface area contributed by atoms with Crippen molar-refractivity contribution >= 4 is 23.9 Å². The fraction of sp³-hybridized carbons (Fsp3) is 0.667. The van der Waals surface area contributed by atoms with Crippen molar-refractivity contribution in [3.05, 3.63) is 24.2 Å². The van der Waals surface area contributed by atoms with Gasteiger partial charge in [-0.05, 0) is 43.6 Å². The first-order valence-electron chi connectivity index (χ1n) is 11.4. The van der Waals surface area contributed by atoms with E-state index in [9.17, 15) is 24.3 Å². The summed E-state index contributed by atoms with van der Waals surface area (Å²) in [6.07, 6.45) is 1.92. The Balaban J connectivity index is 1.90. The third kappa shape index (κ3) is 3.03. The van der Waals surface area contributed by atoms with Crippen molar-refractivity contribution in [3.63, 3.8) is 0 Å². The van der Waals surface area contributed by atoms with E-state index in [0.717, 1.165) is 21.1 Å². The van der Waals surface area contributed by atoms with Gasteiger partial charge in [-0.25, -0.2) is 4.79 Å². The van der Waals surface area contributed by atoms with Gasteiger partial charge in [-0.3, -0.25) is 14.4 Å². The van der Waals surface area contributed by atoms with Crippen LogP contribution in [0.2, 0.25) is 0 Å². The van der Waals surface area contributed by atoms with Crippen LogP contribution in [-0.4, -0.2) is 54.9 Å². The highest BCUT2D eigenvalue weighted by Gasteiger charge is 2.79. The Kier molecular flexibility index (Phi) is 6.00. The molecule has 1 aromatic heterocycles. The highest BCUT2D eigenvalue weighted by Crippen LogP contribution is 2.68. The lowest BCUT2D eigenvalue weighted by Crippen LogP contribution is -2.75. The first-order chi connectivity index (χ1) is 16.1. The minimum Gasteiger partial charge on any atom is -0.472 e. The van der Waals surface area contributed by atoms with Crippen LogP contribution in [0.4, 0.5) is 0 Å². The second-order valence-corrected chi connectivity index (χ2v) is 9.58. The summed E-state index contributed by atoms with van der Waals surface area (Å²) < 4.78 is 26.4. The number of aliphatic hydroxyl groups is 1. The number of furan rings is 1. The molecule has 1 spiro atoms. The Morgan fingerprint density at radius 2 is 1.82 bits per heavy atom. The van der Waals surface area contributed by atoms with Crippen LogP contribution in [0.3, 0.4) is 0 Å². The molecular formula is C24H30O10. The molecule has 34 heavy (non-hydrogen) atoms. The number of methoxy groups -OCH3 is 2. The van der Waals surface area contributed by atoms with Crippen LogP contribution < -0.4 is 0 Å². The zero-order valence-corrected chi connectivity index (χ0v) is 19.7. The lowest BCUT2D eigenvalue weighted by molar-refractivity contribution is -0.260. The maximum atomic E-state index is 13.6. The normalized spacial score (nSPS) is 39.1. The minimum absolute atomic E-state index is 0.0419. The maximum absolute atomic E-state index is 13.6. The van der Waals surface area contributed by atoms with Crippen LogP contribution in [0.1, 0.15) is 57.6 Å². The summed E-state index contributed by atoms with van der Waals surface area (Å²) in [6.45, 7) is 3.07. The highest BCUT2D eigenvalue weighted by molar-refractivity contribution is 5.94.